The second-order valence-electron chi connectivity index (χ2n) is 7.55. The van der Waals surface area contributed by atoms with Crippen LogP contribution in [0.4, 0.5) is 13.2 Å². The highest BCUT2D eigenvalue weighted by Gasteiger charge is 2.33. The first-order chi connectivity index (χ1) is 14.4. The van der Waals surface area contributed by atoms with Gasteiger partial charge in [-0.2, -0.15) is 13.2 Å². The van der Waals surface area contributed by atoms with Crippen molar-refractivity contribution in [2.75, 3.05) is 27.3 Å². The van der Waals surface area contributed by atoms with E-state index in [4.69, 9.17) is 9.47 Å². The van der Waals surface area contributed by atoms with Crippen LogP contribution in [0.1, 0.15) is 35.7 Å². The highest BCUT2D eigenvalue weighted by atomic mass is 19.4. The average molecular weight is 419 g/mol. The zero-order valence-electron chi connectivity index (χ0n) is 16.9. The molecule has 0 saturated carbocycles. The molecule has 1 fully saturated rings. The largest absolute Gasteiger partial charge is 0.493 e. The second kappa shape index (κ2) is 8.18. The number of pyridine rings is 1. The van der Waals surface area contributed by atoms with Gasteiger partial charge in [-0.25, -0.2) is 4.98 Å². The van der Waals surface area contributed by atoms with Gasteiger partial charge in [0, 0.05) is 23.7 Å². The minimum absolute atomic E-state index is 0.275. The molecule has 5 nitrogen and oxygen atoms in total. The smallest absolute Gasteiger partial charge is 0.433 e. The molecule has 160 valence electrons. The van der Waals surface area contributed by atoms with E-state index in [-0.39, 0.29) is 5.92 Å². The van der Waals surface area contributed by atoms with Gasteiger partial charge in [0.25, 0.3) is 0 Å². The summed E-state index contributed by atoms with van der Waals surface area (Å²) in [6, 6.07) is 10.1. The number of para-hydroxylation sites is 1. The molecule has 3 heterocycles. The summed E-state index contributed by atoms with van der Waals surface area (Å²) in [6.07, 6.45) is -2.59. The summed E-state index contributed by atoms with van der Waals surface area (Å²) in [7, 11) is 3.27. The van der Waals surface area contributed by atoms with Crippen molar-refractivity contribution in [3.05, 3.63) is 53.3 Å². The van der Waals surface area contributed by atoms with Crippen LogP contribution in [0.5, 0.6) is 11.5 Å². The van der Waals surface area contributed by atoms with E-state index < -0.39 is 11.9 Å². The maximum Gasteiger partial charge on any atom is 0.433 e. The molecule has 0 bridgehead atoms. The summed E-state index contributed by atoms with van der Waals surface area (Å²) in [5.74, 6) is 1.75. The first kappa shape index (κ1) is 20.5. The lowest BCUT2D eigenvalue weighted by atomic mass is 9.93. The van der Waals surface area contributed by atoms with E-state index >= 15 is 0 Å². The van der Waals surface area contributed by atoms with Crippen molar-refractivity contribution < 1.29 is 22.6 Å². The Hall–Kier alpha value is -2.74. The maximum absolute atomic E-state index is 12.9. The molecule has 1 aromatic carbocycles. The van der Waals surface area contributed by atoms with E-state index in [1.807, 2.05) is 18.2 Å². The van der Waals surface area contributed by atoms with Gasteiger partial charge >= 0.3 is 6.18 Å². The van der Waals surface area contributed by atoms with Crippen LogP contribution >= 0.6 is 0 Å². The van der Waals surface area contributed by atoms with E-state index in [1.54, 1.807) is 20.3 Å². The fourth-order valence-electron chi connectivity index (χ4n) is 4.13. The summed E-state index contributed by atoms with van der Waals surface area (Å²) in [6.45, 7) is 2.54. The molecule has 0 aliphatic carbocycles. The number of piperidine rings is 1. The first-order valence-corrected chi connectivity index (χ1v) is 9.88. The normalized spacial score (nSPS) is 16.2. The van der Waals surface area contributed by atoms with Gasteiger partial charge in [0.2, 0.25) is 0 Å². The highest BCUT2D eigenvalue weighted by molar-refractivity contribution is 5.76. The molecule has 8 heteroatoms. The third-order valence-electron chi connectivity index (χ3n) is 5.69. The van der Waals surface area contributed by atoms with Crippen molar-refractivity contribution in [1.29, 1.82) is 0 Å². The van der Waals surface area contributed by atoms with Crippen LogP contribution in [0.15, 0.2) is 36.4 Å². The molecule has 4 rings (SSSR count). The molecule has 3 aromatic rings. The first-order valence-electron chi connectivity index (χ1n) is 9.88. The van der Waals surface area contributed by atoms with Crippen molar-refractivity contribution >= 4 is 11.0 Å². The van der Waals surface area contributed by atoms with Crippen molar-refractivity contribution in [3.63, 3.8) is 0 Å². The molecule has 1 aliphatic rings. The summed E-state index contributed by atoms with van der Waals surface area (Å²) in [5, 5.41) is 0. The zero-order chi connectivity index (χ0) is 21.3. The topological polar surface area (TPSA) is 50.4 Å². The molecule has 0 amide bonds. The Morgan fingerprint density at radius 2 is 1.87 bits per heavy atom. The van der Waals surface area contributed by atoms with Crippen molar-refractivity contribution in [2.45, 2.75) is 31.5 Å². The van der Waals surface area contributed by atoms with Crippen molar-refractivity contribution in [1.82, 2.24) is 14.9 Å². The predicted octanol–water partition coefficient (Wildman–Crippen LogP) is 4.98. The number of benzene rings is 1. The molecule has 0 radical (unpaired) electrons. The minimum Gasteiger partial charge on any atom is -0.493 e. The number of rotatable bonds is 5. The van der Waals surface area contributed by atoms with Crippen LogP contribution in [0.2, 0.25) is 0 Å². The zero-order valence-corrected chi connectivity index (χ0v) is 16.9. The van der Waals surface area contributed by atoms with Gasteiger partial charge in [-0.05, 0) is 50.2 Å². The van der Waals surface area contributed by atoms with Crippen molar-refractivity contribution in [2.24, 2.45) is 0 Å². The molecule has 0 unspecified atom stereocenters. The Labute approximate surface area is 172 Å². The molecule has 1 saturated heterocycles. The fourth-order valence-corrected chi connectivity index (χ4v) is 4.13. The molecular weight excluding hydrogens is 395 g/mol. The van der Waals surface area contributed by atoms with Crippen LogP contribution in [0.3, 0.4) is 0 Å². The van der Waals surface area contributed by atoms with Crippen molar-refractivity contribution in [3.8, 4) is 11.5 Å². The number of ether oxygens (including phenoxy) is 2. The second-order valence-corrected chi connectivity index (χ2v) is 7.55. The number of fused-ring (bicyclic) bond motifs is 1. The standard InChI is InChI=1S/C22H24F3N3O2/c1-29-19-5-3-4-15(21(19)30-2)13-28-10-8-14(9-11-28)17-12-18-16(26-17)6-7-20(27-18)22(23,24)25/h3-7,12,14,26H,8-11,13H2,1-2H3. The Balaban J connectivity index is 1.44. The number of hydrogen-bond acceptors (Lipinski definition) is 4. The SMILES string of the molecule is COc1cccc(CN2CCC(c3cc4nc(C(F)(F)F)ccc4[nH]3)CC2)c1OC. The van der Waals surface area contributed by atoms with Gasteiger partial charge in [0.05, 0.1) is 25.3 Å². The number of alkyl halides is 3. The van der Waals surface area contributed by atoms with Gasteiger partial charge in [0.15, 0.2) is 11.5 Å². The molecular formula is C22H24F3N3O2. The molecule has 2 aromatic heterocycles. The number of H-pyrrole nitrogens is 1. The van der Waals surface area contributed by atoms with Gasteiger partial charge in [0.1, 0.15) is 5.69 Å². The number of nitrogens with zero attached hydrogens (tertiary/aromatic N) is 2. The lowest BCUT2D eigenvalue weighted by Gasteiger charge is -2.32. The van der Waals surface area contributed by atoms with Gasteiger partial charge in [-0.1, -0.05) is 12.1 Å². The average Bonchev–Trinajstić information content (AvgIpc) is 3.17. The molecule has 1 aliphatic heterocycles. The Bertz CT molecular complexity index is 1020. The molecule has 0 spiro atoms. The summed E-state index contributed by atoms with van der Waals surface area (Å²) in [5.41, 5.74) is 2.17. The summed E-state index contributed by atoms with van der Waals surface area (Å²) in [4.78, 5) is 9.39. The predicted molar refractivity (Wildman–Crippen MR) is 108 cm³/mol. The molecule has 0 atom stereocenters. The third-order valence-corrected chi connectivity index (χ3v) is 5.69. The van der Waals surface area contributed by atoms with Crippen LogP contribution in [0, 0.1) is 0 Å². The quantitative estimate of drug-likeness (QED) is 0.634. The van der Waals surface area contributed by atoms with E-state index in [2.05, 4.69) is 14.9 Å². The monoisotopic (exact) mass is 419 g/mol. The van der Waals surface area contributed by atoms with Gasteiger partial charge in [-0.15, -0.1) is 0 Å². The number of aromatic amines is 1. The van der Waals surface area contributed by atoms with Crippen LogP contribution < -0.4 is 9.47 Å². The van der Waals surface area contributed by atoms with Gasteiger partial charge in [-0.3, -0.25) is 4.90 Å². The van der Waals surface area contributed by atoms with E-state index in [0.717, 1.165) is 55.5 Å². The van der Waals surface area contributed by atoms with Crippen LogP contribution in [-0.4, -0.2) is 42.2 Å². The summed E-state index contributed by atoms with van der Waals surface area (Å²) < 4.78 is 49.6. The highest BCUT2D eigenvalue weighted by Crippen LogP contribution is 2.35. The fraction of sp³-hybridized carbons (Fsp3) is 0.409. The van der Waals surface area contributed by atoms with Gasteiger partial charge < -0.3 is 14.5 Å². The molecule has 30 heavy (non-hydrogen) atoms. The van der Waals surface area contributed by atoms with Crippen LogP contribution in [0.25, 0.3) is 11.0 Å². The third kappa shape index (κ3) is 4.09. The summed E-state index contributed by atoms with van der Waals surface area (Å²) >= 11 is 0. The van der Waals surface area contributed by atoms with Crippen LogP contribution in [-0.2, 0) is 12.7 Å². The number of methoxy groups -OCH3 is 2. The number of halogens is 3. The lowest BCUT2D eigenvalue weighted by molar-refractivity contribution is -0.140. The molecule has 1 N–H and O–H groups in total. The maximum atomic E-state index is 12.9. The lowest BCUT2D eigenvalue weighted by Crippen LogP contribution is -2.32. The number of nitrogens with one attached hydrogen (secondary N) is 1. The van der Waals surface area contributed by atoms with E-state index in [9.17, 15) is 13.2 Å². The number of likely N-dealkylation sites (tertiary alicyclic amines) is 1. The minimum atomic E-state index is -4.43. The number of hydrogen-bond donors (Lipinski definition) is 1. The van der Waals surface area contributed by atoms with E-state index in [0.29, 0.717) is 16.8 Å². The Morgan fingerprint density at radius 1 is 1.10 bits per heavy atom. The van der Waals surface area contributed by atoms with E-state index in [1.165, 1.54) is 6.07 Å². The Morgan fingerprint density at radius 3 is 2.53 bits per heavy atom. The number of aromatic nitrogens is 2. The Kier molecular flexibility index (Phi) is 5.60.